The first-order chi connectivity index (χ1) is 9.79. The fourth-order valence-electron chi connectivity index (χ4n) is 2.91. The van der Waals surface area contributed by atoms with E-state index in [0.29, 0.717) is 0 Å². The van der Waals surface area contributed by atoms with Crippen LogP contribution in [0.4, 0.5) is 5.69 Å². The van der Waals surface area contributed by atoms with Crippen molar-refractivity contribution in [2.24, 2.45) is 0 Å². The Morgan fingerprint density at radius 2 is 2.20 bits per heavy atom. The Hall–Kier alpha value is -1.20. The lowest BCUT2D eigenvalue weighted by molar-refractivity contribution is 0.255. The first kappa shape index (κ1) is 13.8. The summed E-state index contributed by atoms with van der Waals surface area (Å²) >= 11 is 3.43. The van der Waals surface area contributed by atoms with Gasteiger partial charge in [0.2, 0.25) is 0 Å². The van der Waals surface area contributed by atoms with E-state index < -0.39 is 0 Å². The summed E-state index contributed by atoms with van der Waals surface area (Å²) in [4.78, 5) is 11.2. The summed E-state index contributed by atoms with van der Waals surface area (Å²) in [7, 11) is 0. The van der Waals surface area contributed by atoms with Gasteiger partial charge in [-0.3, -0.25) is 9.97 Å². The molecule has 1 saturated heterocycles. The number of halogens is 1. The third kappa shape index (κ3) is 2.65. The monoisotopic (exact) mass is 335 g/mol. The fraction of sp³-hybridized carbons (Fsp3) is 0.467. The van der Waals surface area contributed by atoms with E-state index in [1.54, 1.807) is 6.20 Å². The molecule has 1 aliphatic rings. The second kappa shape index (κ2) is 6.06. The molecule has 0 bridgehead atoms. The number of fused-ring (bicyclic) bond motifs is 1. The van der Waals surface area contributed by atoms with E-state index in [-0.39, 0.29) is 12.6 Å². The summed E-state index contributed by atoms with van der Waals surface area (Å²) < 4.78 is 0.934. The second-order valence-corrected chi connectivity index (χ2v) is 6.15. The Morgan fingerprint density at radius 3 is 3.05 bits per heavy atom. The Morgan fingerprint density at radius 1 is 1.30 bits per heavy atom. The average molecular weight is 336 g/mol. The number of rotatable bonds is 2. The molecule has 5 heteroatoms. The average Bonchev–Trinajstić information content (AvgIpc) is 2.71. The molecule has 20 heavy (non-hydrogen) atoms. The van der Waals surface area contributed by atoms with Gasteiger partial charge in [-0.15, -0.1) is 0 Å². The first-order valence-corrected chi connectivity index (χ1v) is 7.86. The van der Waals surface area contributed by atoms with Gasteiger partial charge in [-0.25, -0.2) is 0 Å². The Labute approximate surface area is 127 Å². The molecular weight excluding hydrogens is 318 g/mol. The molecule has 0 saturated carbocycles. The topological polar surface area (TPSA) is 49.2 Å². The second-order valence-electron chi connectivity index (χ2n) is 5.23. The molecule has 1 fully saturated rings. The fourth-order valence-corrected chi connectivity index (χ4v) is 3.23. The highest BCUT2D eigenvalue weighted by molar-refractivity contribution is 9.10. The summed E-state index contributed by atoms with van der Waals surface area (Å²) in [6, 6.07) is 4.18. The van der Waals surface area contributed by atoms with Crippen LogP contribution in [0.15, 0.2) is 29.0 Å². The smallest absolute Gasteiger partial charge is 0.112 e. The zero-order valence-corrected chi connectivity index (χ0v) is 12.9. The molecule has 1 atom stereocenters. The van der Waals surface area contributed by atoms with Gasteiger partial charge in [0.05, 0.1) is 23.9 Å². The maximum atomic E-state index is 9.68. The van der Waals surface area contributed by atoms with Crippen LogP contribution in [0.3, 0.4) is 0 Å². The molecule has 0 aromatic carbocycles. The van der Waals surface area contributed by atoms with Gasteiger partial charge in [0, 0.05) is 23.4 Å². The Balaban J connectivity index is 2.07. The Kier molecular flexibility index (Phi) is 4.17. The van der Waals surface area contributed by atoms with E-state index in [0.717, 1.165) is 40.6 Å². The van der Waals surface area contributed by atoms with Crippen LogP contribution in [-0.4, -0.2) is 34.3 Å². The van der Waals surface area contributed by atoms with E-state index in [2.05, 4.69) is 30.8 Å². The van der Waals surface area contributed by atoms with Gasteiger partial charge < -0.3 is 10.0 Å². The molecule has 1 N–H and O–H groups in total. The van der Waals surface area contributed by atoms with Crippen molar-refractivity contribution in [1.29, 1.82) is 0 Å². The van der Waals surface area contributed by atoms with E-state index in [4.69, 9.17) is 0 Å². The number of pyridine rings is 2. The standard InChI is InChI=1S/C15H18BrN3O/c16-11-8-13-15(18-9-11)14(5-6-17-13)19-7-3-1-2-4-12(19)10-20/h5-6,8-9,12,20H,1-4,7,10H2. The number of aliphatic hydroxyl groups excluding tert-OH is 1. The molecule has 3 rings (SSSR count). The quantitative estimate of drug-likeness (QED) is 0.915. The lowest BCUT2D eigenvalue weighted by Crippen LogP contribution is -2.37. The molecule has 0 aliphatic carbocycles. The minimum Gasteiger partial charge on any atom is -0.394 e. The van der Waals surface area contributed by atoms with Crippen LogP contribution in [-0.2, 0) is 0 Å². The van der Waals surface area contributed by atoms with Gasteiger partial charge in [-0.1, -0.05) is 12.8 Å². The molecule has 3 heterocycles. The highest BCUT2D eigenvalue weighted by Crippen LogP contribution is 2.29. The summed E-state index contributed by atoms with van der Waals surface area (Å²) in [6.45, 7) is 1.17. The van der Waals surface area contributed by atoms with E-state index in [1.165, 1.54) is 12.8 Å². The molecule has 106 valence electrons. The number of aromatic nitrogens is 2. The lowest BCUT2D eigenvalue weighted by Gasteiger charge is -2.31. The van der Waals surface area contributed by atoms with Gasteiger partial charge in [0.25, 0.3) is 0 Å². The largest absolute Gasteiger partial charge is 0.394 e. The molecule has 0 spiro atoms. The van der Waals surface area contributed by atoms with Gasteiger partial charge in [0.1, 0.15) is 5.52 Å². The molecule has 1 unspecified atom stereocenters. The zero-order chi connectivity index (χ0) is 13.9. The maximum Gasteiger partial charge on any atom is 0.112 e. The van der Waals surface area contributed by atoms with Gasteiger partial charge in [-0.05, 0) is 40.9 Å². The van der Waals surface area contributed by atoms with Crippen molar-refractivity contribution < 1.29 is 5.11 Å². The first-order valence-electron chi connectivity index (χ1n) is 7.07. The predicted octanol–water partition coefficient (Wildman–Crippen LogP) is 3.13. The van der Waals surface area contributed by atoms with E-state index in [1.807, 2.05) is 18.3 Å². The summed E-state index contributed by atoms with van der Waals surface area (Å²) in [5, 5.41) is 9.68. The molecule has 2 aromatic rings. The maximum absolute atomic E-state index is 9.68. The number of nitrogens with zero attached hydrogens (tertiary/aromatic N) is 3. The third-order valence-electron chi connectivity index (χ3n) is 3.92. The summed E-state index contributed by atoms with van der Waals surface area (Å²) in [5.41, 5.74) is 2.89. The van der Waals surface area contributed by atoms with Crippen LogP contribution in [0.2, 0.25) is 0 Å². The van der Waals surface area contributed by atoms with Crippen LogP contribution in [0.5, 0.6) is 0 Å². The zero-order valence-electron chi connectivity index (χ0n) is 11.3. The van der Waals surface area contributed by atoms with Crippen LogP contribution in [0.25, 0.3) is 11.0 Å². The van der Waals surface area contributed by atoms with Crippen molar-refractivity contribution in [2.45, 2.75) is 31.7 Å². The molecular formula is C15H18BrN3O. The van der Waals surface area contributed by atoms with E-state index >= 15 is 0 Å². The molecule has 0 amide bonds. The minimum atomic E-state index is 0.188. The van der Waals surface area contributed by atoms with Crippen LogP contribution >= 0.6 is 15.9 Å². The number of hydrogen-bond acceptors (Lipinski definition) is 4. The van der Waals surface area contributed by atoms with E-state index in [9.17, 15) is 5.11 Å². The molecule has 2 aromatic heterocycles. The van der Waals surface area contributed by atoms with Crippen LogP contribution in [0.1, 0.15) is 25.7 Å². The van der Waals surface area contributed by atoms with Crippen molar-refractivity contribution in [3.05, 3.63) is 29.0 Å². The molecule has 0 radical (unpaired) electrons. The van der Waals surface area contributed by atoms with Gasteiger partial charge >= 0.3 is 0 Å². The normalized spacial score (nSPS) is 20.1. The third-order valence-corrected chi connectivity index (χ3v) is 4.35. The number of aliphatic hydroxyl groups is 1. The van der Waals surface area contributed by atoms with Crippen LogP contribution in [0, 0.1) is 0 Å². The van der Waals surface area contributed by atoms with Crippen molar-refractivity contribution in [1.82, 2.24) is 9.97 Å². The predicted molar refractivity (Wildman–Crippen MR) is 83.9 cm³/mol. The highest BCUT2D eigenvalue weighted by atomic mass is 79.9. The minimum absolute atomic E-state index is 0.188. The number of hydrogen-bond donors (Lipinski definition) is 1. The summed E-state index contributed by atoms with van der Waals surface area (Å²) in [5.74, 6) is 0. The van der Waals surface area contributed by atoms with Crippen molar-refractivity contribution in [3.8, 4) is 0 Å². The van der Waals surface area contributed by atoms with Crippen molar-refractivity contribution in [3.63, 3.8) is 0 Å². The number of anilines is 1. The van der Waals surface area contributed by atoms with Crippen LogP contribution < -0.4 is 4.90 Å². The molecule has 1 aliphatic heterocycles. The SMILES string of the molecule is OCC1CCCCCN1c1ccnc2cc(Br)cnc12. The van der Waals surface area contributed by atoms with Crippen molar-refractivity contribution >= 4 is 32.7 Å². The van der Waals surface area contributed by atoms with Gasteiger partial charge in [-0.2, -0.15) is 0 Å². The highest BCUT2D eigenvalue weighted by Gasteiger charge is 2.22. The van der Waals surface area contributed by atoms with Crippen molar-refractivity contribution in [2.75, 3.05) is 18.1 Å². The Bertz CT molecular complexity index is 605. The summed E-state index contributed by atoms with van der Waals surface area (Å²) in [6.07, 6.45) is 8.25. The molecule has 4 nitrogen and oxygen atoms in total. The van der Waals surface area contributed by atoms with Gasteiger partial charge in [0.15, 0.2) is 0 Å². The lowest BCUT2D eigenvalue weighted by atomic mass is 10.1.